The molecule has 3 rings (SSSR count). The van der Waals surface area contributed by atoms with Crippen molar-refractivity contribution < 1.29 is 18.3 Å². The van der Waals surface area contributed by atoms with Crippen LogP contribution in [0.5, 0.6) is 5.75 Å². The van der Waals surface area contributed by atoms with Crippen molar-refractivity contribution >= 4 is 29.2 Å². The van der Waals surface area contributed by atoms with Crippen LogP contribution in [0.25, 0.3) is 0 Å². The third-order valence-corrected chi connectivity index (χ3v) is 4.69. The summed E-state index contributed by atoms with van der Waals surface area (Å²) < 4.78 is 32.5. The second-order valence-electron chi connectivity index (χ2n) is 5.76. The summed E-state index contributed by atoms with van der Waals surface area (Å²) in [7, 11) is 1.27. The Kier molecular flexibility index (Phi) is 5.58. The molecule has 3 N–H and O–H groups in total. The van der Waals surface area contributed by atoms with Gasteiger partial charge in [-0.25, -0.2) is 9.37 Å². The van der Waals surface area contributed by atoms with Crippen molar-refractivity contribution in [1.82, 2.24) is 4.98 Å². The normalized spacial score (nSPS) is 16.6. The highest BCUT2D eigenvalue weighted by molar-refractivity contribution is 7.97. The molecule has 6 nitrogen and oxygen atoms in total. The summed E-state index contributed by atoms with van der Waals surface area (Å²) >= 11 is 0.981. The third kappa shape index (κ3) is 3.58. The molecule has 1 unspecified atom stereocenters. The van der Waals surface area contributed by atoms with E-state index < -0.39 is 17.7 Å². The number of hydrogen-bond acceptors (Lipinski definition) is 6. The zero-order valence-corrected chi connectivity index (χ0v) is 14.9. The maximum absolute atomic E-state index is 14.0. The number of benzene rings is 1. The molecule has 2 aromatic rings. The number of carbonyl (C=O) groups excluding carboxylic acids is 1. The fourth-order valence-electron chi connectivity index (χ4n) is 3.05. The zero-order chi connectivity index (χ0) is 18.7. The molecule has 0 bridgehead atoms. The number of nitrogens with one attached hydrogen (secondary N) is 1. The summed E-state index contributed by atoms with van der Waals surface area (Å²) in [6.45, 7) is 0.541. The van der Waals surface area contributed by atoms with E-state index in [0.29, 0.717) is 29.4 Å². The van der Waals surface area contributed by atoms with Gasteiger partial charge in [0.15, 0.2) is 11.6 Å². The summed E-state index contributed by atoms with van der Waals surface area (Å²) in [6.07, 6.45) is 2.90. The molecule has 26 heavy (non-hydrogen) atoms. The summed E-state index contributed by atoms with van der Waals surface area (Å²) in [4.78, 5) is 18.5. The Morgan fingerprint density at radius 2 is 2.23 bits per heavy atom. The molecule has 0 saturated carbocycles. The second kappa shape index (κ2) is 7.88. The molecular weight excluding hydrogens is 362 g/mol. The molecule has 1 saturated heterocycles. The van der Waals surface area contributed by atoms with E-state index in [2.05, 4.69) is 10.3 Å². The minimum absolute atomic E-state index is 0.199. The lowest BCUT2D eigenvalue weighted by Gasteiger charge is -2.27. The smallest absolute Gasteiger partial charge is 0.247 e. The van der Waals surface area contributed by atoms with E-state index in [1.54, 1.807) is 23.2 Å². The molecule has 1 amide bonds. The van der Waals surface area contributed by atoms with Crippen LogP contribution in [0, 0.1) is 11.6 Å². The van der Waals surface area contributed by atoms with E-state index in [1.165, 1.54) is 13.2 Å². The number of rotatable bonds is 5. The van der Waals surface area contributed by atoms with Gasteiger partial charge in [-0.15, -0.1) is 0 Å². The number of nitrogens with two attached hydrogens (primary N) is 1. The van der Waals surface area contributed by atoms with Gasteiger partial charge in [-0.3, -0.25) is 9.93 Å². The average molecular weight is 380 g/mol. The number of nitrogens with zero attached hydrogens (tertiary/aromatic N) is 2. The Hall–Kier alpha value is -2.39. The highest BCUT2D eigenvalue weighted by Crippen LogP contribution is 2.37. The number of amides is 1. The topological polar surface area (TPSA) is 80.5 Å². The monoisotopic (exact) mass is 380 g/mol. The van der Waals surface area contributed by atoms with Gasteiger partial charge in [0.25, 0.3) is 0 Å². The van der Waals surface area contributed by atoms with Crippen LogP contribution in [0.4, 0.5) is 20.2 Å². The van der Waals surface area contributed by atoms with Crippen LogP contribution in [0.2, 0.25) is 0 Å². The molecule has 0 aliphatic carbocycles. The molecule has 1 aliphatic rings. The second-order valence-corrected chi connectivity index (χ2v) is 6.41. The van der Waals surface area contributed by atoms with E-state index in [9.17, 15) is 13.6 Å². The standard InChI is InChI=1S/C17H18F2N4O2S/c1-25-16-12(5-4-11(18)15(16)19)23-8-2-3-13(23)17(24)22-10-6-7-21-14(9-10)26-20/h4-7,9,13H,2-3,8,20H2,1H3,(H,21,22,24). The van der Waals surface area contributed by atoms with Gasteiger partial charge in [-0.2, -0.15) is 4.39 Å². The highest BCUT2D eigenvalue weighted by atomic mass is 32.2. The summed E-state index contributed by atoms with van der Waals surface area (Å²) in [5.41, 5.74) is 0.930. The molecule has 9 heteroatoms. The Labute approximate surface area is 153 Å². The number of ether oxygens (including phenoxy) is 1. The van der Waals surface area contributed by atoms with Gasteiger partial charge in [-0.1, -0.05) is 0 Å². The first kappa shape index (κ1) is 18.4. The van der Waals surface area contributed by atoms with Gasteiger partial charge in [0, 0.05) is 18.4 Å². The molecular formula is C17H18F2N4O2S. The number of hydrogen-bond donors (Lipinski definition) is 2. The Balaban J connectivity index is 1.84. The first-order valence-electron chi connectivity index (χ1n) is 7.97. The van der Waals surface area contributed by atoms with Crippen molar-refractivity contribution in [3.05, 3.63) is 42.1 Å². The van der Waals surface area contributed by atoms with Crippen LogP contribution in [0.15, 0.2) is 35.5 Å². The van der Waals surface area contributed by atoms with Crippen LogP contribution >= 0.6 is 11.9 Å². The SMILES string of the molecule is COc1c(N2CCCC2C(=O)Nc2ccnc(SN)c2)ccc(F)c1F. The minimum Gasteiger partial charge on any atom is -0.491 e. The summed E-state index contributed by atoms with van der Waals surface area (Å²) in [5.74, 6) is -2.49. The molecule has 1 fully saturated rings. The van der Waals surface area contributed by atoms with Gasteiger partial charge in [0.05, 0.1) is 12.8 Å². The molecule has 0 spiro atoms. The van der Waals surface area contributed by atoms with E-state index in [4.69, 9.17) is 9.88 Å². The Morgan fingerprint density at radius 1 is 1.42 bits per heavy atom. The van der Waals surface area contributed by atoms with Crippen LogP contribution < -0.4 is 20.1 Å². The van der Waals surface area contributed by atoms with Crippen molar-refractivity contribution in [2.24, 2.45) is 5.14 Å². The lowest BCUT2D eigenvalue weighted by Crippen LogP contribution is -2.40. The predicted octanol–water partition coefficient (Wildman–Crippen LogP) is 2.94. The first-order valence-corrected chi connectivity index (χ1v) is 8.85. The summed E-state index contributed by atoms with van der Waals surface area (Å²) in [5, 5.41) is 8.88. The first-order chi connectivity index (χ1) is 12.5. The third-order valence-electron chi connectivity index (χ3n) is 4.22. The molecule has 2 heterocycles. The molecule has 1 aromatic carbocycles. The molecule has 0 radical (unpaired) electrons. The van der Waals surface area contributed by atoms with Crippen LogP contribution in [0.3, 0.4) is 0 Å². The average Bonchev–Trinajstić information content (AvgIpc) is 3.13. The van der Waals surface area contributed by atoms with E-state index in [1.807, 2.05) is 0 Å². The van der Waals surface area contributed by atoms with Crippen LogP contribution in [0.1, 0.15) is 12.8 Å². The highest BCUT2D eigenvalue weighted by Gasteiger charge is 2.33. The minimum atomic E-state index is -1.06. The number of methoxy groups -OCH3 is 1. The number of carbonyl (C=O) groups is 1. The van der Waals surface area contributed by atoms with Gasteiger partial charge in [-0.05, 0) is 49.1 Å². The number of halogens is 2. The molecule has 1 aromatic heterocycles. The van der Waals surface area contributed by atoms with Crippen molar-refractivity contribution in [3.63, 3.8) is 0 Å². The fourth-order valence-corrected chi connectivity index (χ4v) is 3.36. The molecule has 1 aliphatic heterocycles. The van der Waals surface area contributed by atoms with Crippen molar-refractivity contribution in [1.29, 1.82) is 0 Å². The molecule has 1 atom stereocenters. The number of anilines is 2. The van der Waals surface area contributed by atoms with Crippen molar-refractivity contribution in [3.8, 4) is 5.75 Å². The number of pyridine rings is 1. The lowest BCUT2D eigenvalue weighted by atomic mass is 10.1. The van der Waals surface area contributed by atoms with E-state index in [-0.39, 0.29) is 11.7 Å². The van der Waals surface area contributed by atoms with Crippen LogP contribution in [-0.4, -0.2) is 30.6 Å². The summed E-state index contributed by atoms with van der Waals surface area (Å²) in [6, 6.07) is 5.28. The predicted molar refractivity (Wildman–Crippen MR) is 96.2 cm³/mol. The largest absolute Gasteiger partial charge is 0.491 e. The Bertz CT molecular complexity index is 821. The maximum Gasteiger partial charge on any atom is 0.247 e. The fraction of sp³-hybridized carbons (Fsp3) is 0.294. The lowest BCUT2D eigenvalue weighted by molar-refractivity contribution is -0.117. The van der Waals surface area contributed by atoms with Gasteiger partial charge in [0.2, 0.25) is 11.7 Å². The Morgan fingerprint density at radius 3 is 2.96 bits per heavy atom. The van der Waals surface area contributed by atoms with E-state index in [0.717, 1.165) is 24.4 Å². The zero-order valence-electron chi connectivity index (χ0n) is 14.0. The van der Waals surface area contributed by atoms with Crippen LogP contribution in [-0.2, 0) is 4.79 Å². The van der Waals surface area contributed by atoms with Crippen molar-refractivity contribution in [2.75, 3.05) is 23.9 Å². The van der Waals surface area contributed by atoms with E-state index >= 15 is 0 Å². The molecule has 138 valence electrons. The number of aromatic nitrogens is 1. The van der Waals surface area contributed by atoms with Crippen molar-refractivity contribution in [2.45, 2.75) is 23.9 Å². The quantitative estimate of drug-likeness (QED) is 0.777. The van der Waals surface area contributed by atoms with Gasteiger partial charge >= 0.3 is 0 Å². The maximum atomic E-state index is 14.0. The van der Waals surface area contributed by atoms with Gasteiger partial charge < -0.3 is 15.0 Å². The van der Waals surface area contributed by atoms with Gasteiger partial charge in [0.1, 0.15) is 11.1 Å².